The van der Waals surface area contributed by atoms with Crippen molar-refractivity contribution >= 4 is 136 Å². The maximum Gasteiger partial charge on any atom is 0.266 e. The molecule has 6 aromatic carbocycles. The zero-order valence-corrected chi connectivity index (χ0v) is 59.9. The van der Waals surface area contributed by atoms with Crippen molar-refractivity contribution in [2.24, 2.45) is 11.8 Å². The number of hydrogen-bond donors (Lipinski definition) is 0. The first-order chi connectivity index (χ1) is 47.2. The van der Waals surface area contributed by atoms with Gasteiger partial charge in [-0.3, -0.25) is 9.59 Å². The van der Waals surface area contributed by atoms with E-state index in [1.54, 1.807) is 69.7 Å². The molecule has 0 unspecified atom stereocenters. The molecule has 12 heterocycles. The van der Waals surface area contributed by atoms with Crippen LogP contribution >= 0.6 is 69.7 Å². The lowest BCUT2D eigenvalue weighted by Gasteiger charge is -2.64. The summed E-state index contributed by atoms with van der Waals surface area (Å²) in [6.45, 7) is 5.71. The van der Waals surface area contributed by atoms with Crippen molar-refractivity contribution in [1.82, 2.24) is 0 Å². The molecular weight excluding hydrogens is 1440 g/mol. The van der Waals surface area contributed by atoms with Crippen molar-refractivity contribution < 1.29 is 63.1 Å². The average molecular weight is 1500 g/mol. The molecule has 488 valence electrons. The Morgan fingerprint density at radius 1 is 0.371 bits per heavy atom. The third-order valence-electron chi connectivity index (χ3n) is 21.4. The highest BCUT2D eigenvalue weighted by atomic mass is 127. The van der Waals surface area contributed by atoms with Gasteiger partial charge in [-0.15, -0.1) is 12.2 Å². The number of Topliss-reactive ketones (excluding diaryl/α,β-unsaturated/α-hetero) is 2. The molecule has 0 bridgehead atoms. The maximum atomic E-state index is 13.7. The third kappa shape index (κ3) is 9.79. The highest BCUT2D eigenvalue weighted by Crippen LogP contribution is 2.59. The van der Waals surface area contributed by atoms with E-state index in [1.165, 1.54) is 72.8 Å². The zero-order valence-electron chi connectivity index (χ0n) is 52.9. The standard InChI is InChI=1S/C26H24N2O2S2.2C26H20N2O2S2.HI/c3*29-23-21(15-7-5-13-27-17-9-1-3-11-19(17)31-25(15)27)24(30)22(23)16-8-6-14-28-18-10-2-4-12-20(18)32-26(16)28;/h1-4,9-12,21-24H,5-8,13-14H2;2*1-4,9-12H,5-8,13-14H2;1H/q-2;;;/p-1. The number of anilines is 4. The summed E-state index contributed by atoms with van der Waals surface area (Å²) in [7, 11) is 0. The first-order valence-electron chi connectivity index (χ1n) is 33.8. The molecule has 0 saturated heterocycles. The van der Waals surface area contributed by atoms with Crippen molar-refractivity contribution in [3.05, 3.63) is 232 Å². The molecule has 97 heavy (non-hydrogen) atoms. The molecule has 19 heteroatoms. The lowest BCUT2D eigenvalue weighted by molar-refractivity contribution is -0.672. The van der Waals surface area contributed by atoms with E-state index in [0.717, 1.165) is 170 Å². The van der Waals surface area contributed by atoms with Gasteiger partial charge in [-0.1, -0.05) is 154 Å². The molecule has 13 aliphatic rings. The zero-order chi connectivity index (χ0) is 64.2. The van der Waals surface area contributed by atoms with Crippen LogP contribution in [0.2, 0.25) is 0 Å². The number of benzene rings is 6. The lowest BCUT2D eigenvalue weighted by atomic mass is 9.61. The minimum atomic E-state index is -0.823. The van der Waals surface area contributed by atoms with Gasteiger partial charge in [0.25, 0.3) is 10.0 Å². The van der Waals surface area contributed by atoms with Gasteiger partial charge in [-0.2, -0.15) is 9.13 Å². The van der Waals surface area contributed by atoms with Gasteiger partial charge in [0.15, 0.2) is 24.7 Å². The minimum Gasteiger partial charge on any atom is -1.00 e. The Balaban J connectivity index is 0.000000105. The number of thiazole rings is 2. The second kappa shape index (κ2) is 24.8. The van der Waals surface area contributed by atoms with Crippen LogP contribution < -0.4 is 73.1 Å². The van der Waals surface area contributed by atoms with E-state index < -0.39 is 12.2 Å². The quantitative estimate of drug-likeness (QED) is 0.0935. The van der Waals surface area contributed by atoms with E-state index in [2.05, 4.69) is 150 Å². The second-order valence-corrected chi connectivity index (χ2v) is 32.7. The highest BCUT2D eigenvalue weighted by molar-refractivity contribution is 8.04. The average Bonchev–Trinajstić information content (AvgIpc) is 1.71. The predicted molar refractivity (Wildman–Crippen MR) is 379 cm³/mol. The van der Waals surface area contributed by atoms with E-state index in [9.17, 15) is 30.0 Å². The number of aryl methyl sites for hydroxylation is 2. The summed E-state index contributed by atoms with van der Waals surface area (Å²) in [5, 5.41) is 60.9. The Morgan fingerprint density at radius 2 is 0.691 bits per heavy atom. The molecule has 8 aromatic rings. The normalized spacial score (nSPS) is 24.8. The summed E-state index contributed by atoms with van der Waals surface area (Å²) in [6, 6.07) is 50.3. The van der Waals surface area contributed by atoms with Crippen LogP contribution in [0.5, 0.6) is 0 Å². The number of aromatic nitrogens is 2. The number of ketones is 2. The van der Waals surface area contributed by atoms with Crippen molar-refractivity contribution in [3.8, 4) is 0 Å². The Hall–Kier alpha value is -6.79. The van der Waals surface area contributed by atoms with E-state index in [0.29, 0.717) is 22.3 Å². The fraction of sp³-hybridized carbons (Fsp3) is 0.282. The van der Waals surface area contributed by atoms with Crippen molar-refractivity contribution in [3.63, 3.8) is 0 Å². The van der Waals surface area contributed by atoms with Crippen molar-refractivity contribution in [1.29, 1.82) is 0 Å². The molecule has 2 aromatic heterocycles. The van der Waals surface area contributed by atoms with Gasteiger partial charge < -0.3 is 64.0 Å². The second-order valence-electron chi connectivity index (χ2n) is 26.5. The van der Waals surface area contributed by atoms with Crippen LogP contribution in [0, 0.1) is 11.8 Å². The SMILES string of the molecule is O=C1C(C2=C3Sc4ccccc4N3CCC2)=C([O-])/C1=C1/CCC[n+]2c1sc1ccccc12.O=C1C(C2=C3Sc4ccccc4N3CCC2)=C([O-])/C1=C1\CCC[n+]2c1sc1ccccc12.[I-].[O-]C1C(C2=C3Sc4ccccc4N3CCC2)C([O-])C1C1=C2Sc3ccccc3N2CCC1. The maximum absolute atomic E-state index is 13.7. The summed E-state index contributed by atoms with van der Waals surface area (Å²) in [6.07, 6.45) is 9.18. The van der Waals surface area contributed by atoms with E-state index in [-0.39, 0.29) is 58.9 Å². The molecule has 10 aliphatic heterocycles. The van der Waals surface area contributed by atoms with Crippen LogP contribution in [-0.2, 0) is 22.7 Å². The summed E-state index contributed by atoms with van der Waals surface area (Å²) >= 11 is 10.3. The number of carbonyl (C=O) groups is 2. The molecule has 0 radical (unpaired) electrons. The smallest absolute Gasteiger partial charge is 0.266 e. The number of hydrogen-bond acceptors (Lipinski definition) is 16. The lowest BCUT2D eigenvalue weighted by Crippen LogP contribution is -3.00. The molecule has 21 rings (SSSR count). The first kappa shape index (κ1) is 62.5. The molecule has 0 atom stereocenters. The molecule has 0 N–H and O–H groups in total. The number of nitrogens with zero attached hydrogens (tertiary/aromatic N) is 6. The molecule has 3 aliphatic carbocycles. The van der Waals surface area contributed by atoms with Gasteiger partial charge >= 0.3 is 0 Å². The molecule has 12 nitrogen and oxygen atoms in total. The Morgan fingerprint density at radius 3 is 1.07 bits per heavy atom. The Bertz CT molecular complexity index is 4730. The van der Waals surface area contributed by atoms with E-state index in [4.69, 9.17) is 0 Å². The number of carbonyl (C=O) groups excluding carboxylic acids is 2. The first-order valence-corrected chi connectivity index (χ1v) is 38.7. The van der Waals surface area contributed by atoms with Crippen LogP contribution in [0.1, 0.15) is 87.1 Å². The number of fused-ring (bicyclic) bond motifs is 18. The number of allylic oxidation sites excluding steroid dienone is 8. The molecule has 1 fully saturated rings. The van der Waals surface area contributed by atoms with Gasteiger partial charge in [-0.05, 0) is 159 Å². The molecular formula is C78H64IN6O6S6-3. The Kier molecular flexibility index (Phi) is 16.0. The molecule has 0 spiro atoms. The number of thioether (sulfide) groups is 4. The topological polar surface area (TPSA) is 147 Å². The van der Waals surface area contributed by atoms with Gasteiger partial charge in [0, 0.05) is 104 Å². The van der Waals surface area contributed by atoms with Crippen LogP contribution in [-0.4, -0.2) is 50.0 Å². The van der Waals surface area contributed by atoms with Crippen LogP contribution in [0.15, 0.2) is 241 Å². The number of halogens is 1. The third-order valence-corrected chi connectivity index (χ3v) is 28.7. The molecule has 0 amide bonds. The van der Waals surface area contributed by atoms with Crippen LogP contribution in [0.4, 0.5) is 22.7 Å². The van der Waals surface area contributed by atoms with E-state index in [1.807, 2.05) is 24.3 Å². The van der Waals surface area contributed by atoms with Gasteiger partial charge in [0.05, 0.1) is 42.9 Å². The predicted octanol–water partition coefficient (Wildman–Crippen LogP) is 10.0. The highest BCUT2D eigenvalue weighted by Gasteiger charge is 2.48. The Labute approximate surface area is 604 Å². The summed E-state index contributed by atoms with van der Waals surface area (Å²) in [5.41, 5.74) is 15.1. The van der Waals surface area contributed by atoms with E-state index >= 15 is 0 Å². The fourth-order valence-corrected chi connectivity index (χ4v) is 24.6. The van der Waals surface area contributed by atoms with Crippen molar-refractivity contribution in [2.45, 2.75) is 122 Å². The number of rotatable bonds is 4. The number of para-hydroxylation sites is 6. The molecule has 1 saturated carbocycles. The monoisotopic (exact) mass is 1500 g/mol. The van der Waals surface area contributed by atoms with Gasteiger partial charge in [-0.25, -0.2) is 0 Å². The van der Waals surface area contributed by atoms with Crippen LogP contribution in [0.3, 0.4) is 0 Å². The summed E-state index contributed by atoms with van der Waals surface area (Å²) in [4.78, 5) is 41.1. The fourth-order valence-electron chi connectivity index (χ4n) is 17.0. The minimum absolute atomic E-state index is 0. The van der Waals surface area contributed by atoms with Gasteiger partial charge in [0.1, 0.15) is 9.40 Å². The van der Waals surface area contributed by atoms with Crippen molar-refractivity contribution in [2.75, 3.05) is 45.8 Å². The van der Waals surface area contributed by atoms with Gasteiger partial charge in [0.2, 0.25) is 11.0 Å². The van der Waals surface area contributed by atoms with Crippen LogP contribution in [0.25, 0.3) is 31.6 Å². The summed E-state index contributed by atoms with van der Waals surface area (Å²) in [5.74, 6) is -0.934. The summed E-state index contributed by atoms with van der Waals surface area (Å²) < 4.78 is 6.99. The largest absolute Gasteiger partial charge is 1.00 e.